The molecule has 28 heavy (non-hydrogen) atoms. The van der Waals surface area contributed by atoms with Gasteiger partial charge in [0.2, 0.25) is 0 Å². The first-order valence-electron chi connectivity index (χ1n) is 9.12. The Morgan fingerprint density at radius 3 is 2.75 bits per heavy atom. The van der Waals surface area contributed by atoms with Crippen molar-refractivity contribution in [1.29, 1.82) is 0 Å². The Balaban J connectivity index is 1.85. The van der Waals surface area contributed by atoms with Crippen LogP contribution in [0.1, 0.15) is 28.9 Å². The number of nitrogens with zero attached hydrogens (tertiary/aromatic N) is 3. The zero-order chi connectivity index (χ0) is 20.3. The van der Waals surface area contributed by atoms with Gasteiger partial charge in [0.25, 0.3) is 5.91 Å². The number of carbonyl (C=O) groups excluding carboxylic acids is 1. The van der Waals surface area contributed by atoms with Gasteiger partial charge in [-0.3, -0.25) is 9.59 Å². The number of hydrogen-bond donors (Lipinski definition) is 1. The van der Waals surface area contributed by atoms with E-state index in [4.69, 9.17) is 9.47 Å². The molecule has 1 unspecified atom stereocenters. The number of benzene rings is 1. The van der Waals surface area contributed by atoms with Crippen LogP contribution in [-0.4, -0.2) is 65.6 Å². The third-order valence-corrected chi connectivity index (χ3v) is 5.13. The van der Waals surface area contributed by atoms with E-state index in [-0.39, 0.29) is 24.8 Å². The summed E-state index contributed by atoms with van der Waals surface area (Å²) in [6.07, 6.45) is 2.79. The molecule has 1 atom stereocenters. The van der Waals surface area contributed by atoms with E-state index in [1.165, 1.54) is 7.11 Å². The van der Waals surface area contributed by atoms with E-state index >= 15 is 0 Å². The molecule has 8 heteroatoms. The lowest BCUT2D eigenvalue weighted by molar-refractivity contribution is -0.155. The van der Waals surface area contributed by atoms with Gasteiger partial charge in [-0.1, -0.05) is 6.07 Å². The predicted octanol–water partition coefficient (Wildman–Crippen LogP) is 2.14. The number of aromatic nitrogens is 2. The fourth-order valence-corrected chi connectivity index (χ4v) is 3.65. The second-order valence-corrected chi connectivity index (χ2v) is 7.17. The molecular formula is C20H25N3O5. The molecule has 0 radical (unpaired) electrons. The van der Waals surface area contributed by atoms with Gasteiger partial charge in [-0.2, -0.15) is 5.10 Å². The molecule has 0 spiro atoms. The molecule has 1 aliphatic heterocycles. The molecule has 0 saturated carbocycles. The molecule has 2 heterocycles. The Morgan fingerprint density at radius 1 is 1.29 bits per heavy atom. The average Bonchev–Trinajstić information content (AvgIpc) is 3.17. The van der Waals surface area contributed by atoms with Crippen LogP contribution in [0.5, 0.6) is 5.75 Å². The van der Waals surface area contributed by atoms with Crippen molar-refractivity contribution in [2.24, 2.45) is 5.41 Å². The minimum atomic E-state index is -1.08. The number of piperidine rings is 1. The van der Waals surface area contributed by atoms with E-state index in [2.05, 4.69) is 5.10 Å². The van der Waals surface area contributed by atoms with E-state index in [9.17, 15) is 14.7 Å². The maximum Gasteiger partial charge on any atom is 0.313 e. The standard InChI is InChI=1S/C20H25N3O5/c1-14-5-6-17(28-3)16(11-14)23-10-7-15(21-23)18(24)22-9-4-8-20(12-22,13-27-2)19(25)26/h5-7,10-11H,4,8-9,12-13H2,1-3H3,(H,25,26). The Bertz CT molecular complexity index is 874. The van der Waals surface area contributed by atoms with Crippen molar-refractivity contribution in [2.75, 3.05) is 33.9 Å². The van der Waals surface area contributed by atoms with Crippen LogP contribution >= 0.6 is 0 Å². The summed E-state index contributed by atoms with van der Waals surface area (Å²) in [5.74, 6) is -0.579. The first-order chi connectivity index (χ1) is 13.4. The monoisotopic (exact) mass is 387 g/mol. The van der Waals surface area contributed by atoms with Crippen LogP contribution in [0.2, 0.25) is 0 Å². The first-order valence-corrected chi connectivity index (χ1v) is 9.12. The highest BCUT2D eigenvalue weighted by Gasteiger charge is 2.44. The number of carbonyl (C=O) groups is 2. The molecule has 2 aromatic rings. The molecule has 150 valence electrons. The molecule has 1 N–H and O–H groups in total. The number of rotatable bonds is 6. The molecule has 0 aliphatic carbocycles. The van der Waals surface area contributed by atoms with Crippen molar-refractivity contribution in [2.45, 2.75) is 19.8 Å². The number of amides is 1. The smallest absolute Gasteiger partial charge is 0.313 e. The third-order valence-electron chi connectivity index (χ3n) is 5.13. The van der Waals surface area contributed by atoms with Crippen LogP contribution in [0.25, 0.3) is 5.69 Å². The van der Waals surface area contributed by atoms with Crippen LogP contribution < -0.4 is 4.74 Å². The van der Waals surface area contributed by atoms with Crippen molar-refractivity contribution in [3.05, 3.63) is 41.7 Å². The molecular weight excluding hydrogens is 362 g/mol. The first kappa shape index (κ1) is 19.9. The van der Waals surface area contributed by atoms with Gasteiger partial charge in [0.1, 0.15) is 16.9 Å². The van der Waals surface area contributed by atoms with Crippen LogP contribution in [0.4, 0.5) is 0 Å². The summed E-state index contributed by atoms with van der Waals surface area (Å²) in [6, 6.07) is 7.35. The molecule has 1 fully saturated rings. The number of likely N-dealkylation sites (tertiary alicyclic amines) is 1. The third kappa shape index (κ3) is 3.73. The second kappa shape index (κ2) is 8.02. The van der Waals surface area contributed by atoms with E-state index in [0.29, 0.717) is 25.1 Å². The Labute approximate surface area is 163 Å². The van der Waals surface area contributed by atoms with E-state index in [1.807, 2.05) is 25.1 Å². The van der Waals surface area contributed by atoms with Crippen molar-refractivity contribution in [3.8, 4) is 11.4 Å². The summed E-state index contributed by atoms with van der Waals surface area (Å²) in [6.45, 7) is 2.64. The topological polar surface area (TPSA) is 93.9 Å². The molecule has 1 aromatic heterocycles. The van der Waals surface area contributed by atoms with Gasteiger partial charge in [0.05, 0.1) is 13.7 Å². The minimum Gasteiger partial charge on any atom is -0.494 e. The summed E-state index contributed by atoms with van der Waals surface area (Å²) in [4.78, 5) is 26.3. The summed E-state index contributed by atoms with van der Waals surface area (Å²) < 4.78 is 12.1. The quantitative estimate of drug-likeness (QED) is 0.816. The van der Waals surface area contributed by atoms with Gasteiger partial charge >= 0.3 is 5.97 Å². The Kier molecular flexibility index (Phi) is 5.69. The maximum absolute atomic E-state index is 13.0. The van der Waals surface area contributed by atoms with Gasteiger partial charge in [0.15, 0.2) is 5.69 Å². The van der Waals surface area contributed by atoms with Crippen LogP contribution in [0.15, 0.2) is 30.5 Å². The largest absolute Gasteiger partial charge is 0.494 e. The average molecular weight is 387 g/mol. The van der Waals surface area contributed by atoms with Crippen LogP contribution in [-0.2, 0) is 9.53 Å². The normalized spacial score (nSPS) is 19.5. The second-order valence-electron chi connectivity index (χ2n) is 7.17. The molecule has 1 saturated heterocycles. The highest BCUT2D eigenvalue weighted by molar-refractivity contribution is 5.93. The predicted molar refractivity (Wildman–Crippen MR) is 102 cm³/mol. The van der Waals surface area contributed by atoms with Crippen molar-refractivity contribution in [3.63, 3.8) is 0 Å². The Morgan fingerprint density at radius 2 is 2.07 bits per heavy atom. The van der Waals surface area contributed by atoms with Crippen LogP contribution in [0.3, 0.4) is 0 Å². The summed E-state index contributed by atoms with van der Waals surface area (Å²) >= 11 is 0. The highest BCUT2D eigenvalue weighted by Crippen LogP contribution is 2.31. The van der Waals surface area contributed by atoms with Gasteiger partial charge in [-0.15, -0.1) is 0 Å². The minimum absolute atomic E-state index is 0.0705. The molecule has 0 bridgehead atoms. The zero-order valence-electron chi connectivity index (χ0n) is 16.3. The summed E-state index contributed by atoms with van der Waals surface area (Å²) in [7, 11) is 3.06. The number of methoxy groups -OCH3 is 2. The van der Waals surface area contributed by atoms with E-state index < -0.39 is 11.4 Å². The summed E-state index contributed by atoms with van der Waals surface area (Å²) in [5.41, 5.74) is 0.966. The van der Waals surface area contributed by atoms with Crippen molar-refractivity contribution in [1.82, 2.24) is 14.7 Å². The Hall–Kier alpha value is -2.87. The summed E-state index contributed by atoms with van der Waals surface area (Å²) in [5, 5.41) is 14.1. The number of aliphatic carboxylic acids is 1. The lowest BCUT2D eigenvalue weighted by Crippen LogP contribution is -2.52. The number of carboxylic acids is 1. The number of carboxylic acid groups (broad SMARTS) is 1. The van der Waals surface area contributed by atoms with Crippen LogP contribution in [0, 0.1) is 12.3 Å². The maximum atomic E-state index is 13.0. The van der Waals surface area contributed by atoms with Gasteiger partial charge in [-0.25, -0.2) is 4.68 Å². The van der Waals surface area contributed by atoms with Gasteiger partial charge < -0.3 is 19.5 Å². The van der Waals surface area contributed by atoms with Gasteiger partial charge in [-0.05, 0) is 43.5 Å². The van der Waals surface area contributed by atoms with E-state index in [0.717, 1.165) is 11.3 Å². The zero-order valence-corrected chi connectivity index (χ0v) is 16.3. The highest BCUT2D eigenvalue weighted by atomic mass is 16.5. The van der Waals surface area contributed by atoms with E-state index in [1.54, 1.807) is 29.0 Å². The molecule has 8 nitrogen and oxygen atoms in total. The fraction of sp³-hybridized carbons (Fsp3) is 0.450. The molecule has 1 aliphatic rings. The van der Waals surface area contributed by atoms with Gasteiger partial charge in [0, 0.05) is 26.4 Å². The molecule has 1 amide bonds. The lowest BCUT2D eigenvalue weighted by Gasteiger charge is -2.39. The number of hydrogen-bond acceptors (Lipinski definition) is 5. The number of ether oxygens (including phenoxy) is 2. The van der Waals surface area contributed by atoms with Crippen molar-refractivity contribution >= 4 is 11.9 Å². The number of aryl methyl sites for hydroxylation is 1. The lowest BCUT2D eigenvalue weighted by atomic mass is 9.80. The SMILES string of the molecule is COCC1(C(=O)O)CCCN(C(=O)c2ccn(-c3cc(C)ccc3OC)n2)C1. The fourth-order valence-electron chi connectivity index (χ4n) is 3.65. The molecule has 1 aromatic carbocycles. The molecule has 3 rings (SSSR count). The van der Waals surface area contributed by atoms with Crippen molar-refractivity contribution < 1.29 is 24.2 Å².